The molecule has 4 nitrogen and oxygen atoms in total. The van der Waals surface area contributed by atoms with Crippen LogP contribution >= 0.6 is 11.6 Å². The molecular formula is C17H15ClFN3O. The number of nitrogens with one attached hydrogen (secondary N) is 1. The van der Waals surface area contributed by atoms with Gasteiger partial charge in [-0.1, -0.05) is 23.7 Å². The maximum atomic E-state index is 13.1. The summed E-state index contributed by atoms with van der Waals surface area (Å²) in [5, 5.41) is 12.1. The van der Waals surface area contributed by atoms with Gasteiger partial charge in [-0.2, -0.15) is 5.26 Å². The molecule has 1 amide bonds. The van der Waals surface area contributed by atoms with Gasteiger partial charge >= 0.3 is 0 Å². The molecule has 0 atom stereocenters. The van der Waals surface area contributed by atoms with Crippen LogP contribution in [0.15, 0.2) is 42.5 Å². The molecule has 6 heteroatoms. The van der Waals surface area contributed by atoms with Crippen molar-refractivity contribution in [1.29, 1.82) is 5.26 Å². The van der Waals surface area contributed by atoms with E-state index in [1.54, 1.807) is 36.2 Å². The molecule has 0 unspecified atom stereocenters. The minimum Gasteiger partial charge on any atom is -0.324 e. The molecule has 2 aromatic carbocycles. The lowest BCUT2D eigenvalue weighted by Crippen LogP contribution is -2.30. The van der Waals surface area contributed by atoms with Crippen molar-refractivity contribution >= 4 is 23.2 Å². The van der Waals surface area contributed by atoms with Gasteiger partial charge in [-0.25, -0.2) is 4.39 Å². The van der Waals surface area contributed by atoms with Crippen molar-refractivity contribution in [3.8, 4) is 6.07 Å². The molecule has 118 valence electrons. The molecule has 0 aliphatic heterocycles. The van der Waals surface area contributed by atoms with E-state index >= 15 is 0 Å². The normalized spacial score (nSPS) is 10.4. The Kier molecular flexibility index (Phi) is 5.69. The van der Waals surface area contributed by atoms with E-state index in [0.29, 0.717) is 22.8 Å². The standard InChI is InChI=1S/C17H15ClFN3O/c1-22(10-12-3-2-4-15(19)7-12)11-17(23)21-16-8-14(18)6-5-13(16)9-20/h2-8H,10-11H2,1H3,(H,21,23). The number of amides is 1. The zero-order valence-electron chi connectivity index (χ0n) is 12.5. The first kappa shape index (κ1) is 16.9. The summed E-state index contributed by atoms with van der Waals surface area (Å²) in [6, 6.07) is 12.9. The van der Waals surface area contributed by atoms with Crippen molar-refractivity contribution in [3.05, 3.63) is 64.4 Å². The van der Waals surface area contributed by atoms with Crippen LogP contribution in [0, 0.1) is 17.1 Å². The highest BCUT2D eigenvalue weighted by molar-refractivity contribution is 6.31. The predicted molar refractivity (Wildman–Crippen MR) is 87.5 cm³/mol. The average molecular weight is 332 g/mol. The molecule has 0 spiro atoms. The third-order valence-corrected chi connectivity index (χ3v) is 3.37. The molecule has 0 aliphatic rings. The Morgan fingerprint density at radius 3 is 2.83 bits per heavy atom. The topological polar surface area (TPSA) is 56.1 Å². The van der Waals surface area contributed by atoms with Crippen molar-refractivity contribution in [2.45, 2.75) is 6.54 Å². The average Bonchev–Trinajstić information content (AvgIpc) is 2.47. The first-order valence-electron chi connectivity index (χ1n) is 6.90. The zero-order chi connectivity index (χ0) is 16.8. The number of likely N-dealkylation sites (N-methyl/N-ethyl adjacent to an activating group) is 1. The SMILES string of the molecule is CN(CC(=O)Nc1cc(Cl)ccc1C#N)Cc1cccc(F)c1. The smallest absolute Gasteiger partial charge is 0.238 e. The zero-order valence-corrected chi connectivity index (χ0v) is 13.3. The summed E-state index contributed by atoms with van der Waals surface area (Å²) in [4.78, 5) is 13.8. The second-order valence-corrected chi connectivity index (χ2v) is 5.59. The fourth-order valence-corrected chi connectivity index (χ4v) is 2.33. The molecule has 0 saturated carbocycles. The fourth-order valence-electron chi connectivity index (χ4n) is 2.16. The molecule has 1 N–H and O–H groups in total. The number of nitriles is 1. The van der Waals surface area contributed by atoms with Crippen LogP contribution in [0.4, 0.5) is 10.1 Å². The number of hydrogen-bond acceptors (Lipinski definition) is 3. The van der Waals surface area contributed by atoms with Crippen LogP contribution in [0.3, 0.4) is 0 Å². The van der Waals surface area contributed by atoms with E-state index in [1.165, 1.54) is 18.2 Å². The summed E-state index contributed by atoms with van der Waals surface area (Å²) in [5.41, 5.74) is 1.50. The third-order valence-electron chi connectivity index (χ3n) is 3.13. The third kappa shape index (κ3) is 5.06. The van der Waals surface area contributed by atoms with E-state index in [2.05, 4.69) is 5.32 Å². The largest absolute Gasteiger partial charge is 0.324 e. The van der Waals surface area contributed by atoms with E-state index in [-0.39, 0.29) is 18.3 Å². The molecule has 0 heterocycles. The molecule has 2 aromatic rings. The number of rotatable bonds is 5. The molecule has 0 bridgehead atoms. The molecule has 23 heavy (non-hydrogen) atoms. The summed E-state index contributed by atoms with van der Waals surface area (Å²) in [6.07, 6.45) is 0. The molecule has 2 rings (SSSR count). The van der Waals surface area contributed by atoms with Crippen LogP contribution < -0.4 is 5.32 Å². The minimum atomic E-state index is -0.307. The van der Waals surface area contributed by atoms with Crippen LogP contribution in [0.25, 0.3) is 0 Å². The number of carbonyl (C=O) groups excluding carboxylic acids is 1. The van der Waals surface area contributed by atoms with E-state index < -0.39 is 0 Å². The summed E-state index contributed by atoms with van der Waals surface area (Å²) in [6.45, 7) is 0.541. The van der Waals surface area contributed by atoms with Gasteiger partial charge in [0.15, 0.2) is 0 Å². The van der Waals surface area contributed by atoms with Gasteiger partial charge in [-0.3, -0.25) is 9.69 Å². The number of benzene rings is 2. The Hall–Kier alpha value is -2.42. The second-order valence-electron chi connectivity index (χ2n) is 5.15. The van der Waals surface area contributed by atoms with Gasteiger partial charge in [0.1, 0.15) is 11.9 Å². The van der Waals surface area contributed by atoms with Crippen LogP contribution in [-0.4, -0.2) is 24.4 Å². The van der Waals surface area contributed by atoms with Gasteiger partial charge in [0, 0.05) is 11.6 Å². The number of anilines is 1. The van der Waals surface area contributed by atoms with Gasteiger partial charge in [0.05, 0.1) is 17.8 Å². The number of hydrogen-bond donors (Lipinski definition) is 1. The van der Waals surface area contributed by atoms with E-state index in [4.69, 9.17) is 16.9 Å². The van der Waals surface area contributed by atoms with Crippen molar-refractivity contribution in [3.63, 3.8) is 0 Å². The fraction of sp³-hybridized carbons (Fsp3) is 0.176. The van der Waals surface area contributed by atoms with Crippen molar-refractivity contribution in [1.82, 2.24) is 4.90 Å². The first-order valence-corrected chi connectivity index (χ1v) is 7.28. The summed E-state index contributed by atoms with van der Waals surface area (Å²) in [7, 11) is 1.76. The number of halogens is 2. The highest BCUT2D eigenvalue weighted by atomic mass is 35.5. The highest BCUT2D eigenvalue weighted by Crippen LogP contribution is 2.20. The van der Waals surface area contributed by atoms with Crippen LogP contribution in [0.5, 0.6) is 0 Å². The lowest BCUT2D eigenvalue weighted by atomic mass is 10.2. The van der Waals surface area contributed by atoms with Gasteiger partial charge in [-0.05, 0) is 42.9 Å². The second kappa shape index (κ2) is 7.73. The Labute approximate surface area is 139 Å². The highest BCUT2D eigenvalue weighted by Gasteiger charge is 2.11. The number of nitrogens with zero attached hydrogens (tertiary/aromatic N) is 2. The monoisotopic (exact) mass is 331 g/mol. The molecule has 0 aliphatic carbocycles. The lowest BCUT2D eigenvalue weighted by molar-refractivity contribution is -0.117. The molecule has 0 saturated heterocycles. The Morgan fingerprint density at radius 2 is 2.13 bits per heavy atom. The van der Waals surface area contributed by atoms with Crippen LogP contribution in [0.2, 0.25) is 5.02 Å². The van der Waals surface area contributed by atoms with E-state index in [0.717, 1.165) is 5.56 Å². The van der Waals surface area contributed by atoms with Crippen molar-refractivity contribution < 1.29 is 9.18 Å². The van der Waals surface area contributed by atoms with Crippen molar-refractivity contribution in [2.75, 3.05) is 18.9 Å². The van der Waals surface area contributed by atoms with Crippen molar-refractivity contribution in [2.24, 2.45) is 0 Å². The Bertz CT molecular complexity index is 758. The lowest BCUT2D eigenvalue weighted by Gasteiger charge is -2.16. The Morgan fingerprint density at radius 1 is 1.35 bits per heavy atom. The van der Waals surface area contributed by atoms with Crippen LogP contribution in [0.1, 0.15) is 11.1 Å². The summed E-state index contributed by atoms with van der Waals surface area (Å²) < 4.78 is 13.1. The maximum Gasteiger partial charge on any atom is 0.238 e. The number of carbonyl (C=O) groups is 1. The van der Waals surface area contributed by atoms with Gasteiger partial charge in [-0.15, -0.1) is 0 Å². The molecular weight excluding hydrogens is 317 g/mol. The maximum absolute atomic E-state index is 13.1. The first-order chi connectivity index (χ1) is 11.0. The van der Waals surface area contributed by atoms with Gasteiger partial charge < -0.3 is 5.32 Å². The van der Waals surface area contributed by atoms with E-state index in [9.17, 15) is 9.18 Å². The quantitative estimate of drug-likeness (QED) is 0.913. The van der Waals surface area contributed by atoms with E-state index in [1.807, 2.05) is 6.07 Å². The molecule has 0 aromatic heterocycles. The van der Waals surface area contributed by atoms with Crippen LogP contribution in [-0.2, 0) is 11.3 Å². The predicted octanol–water partition coefficient (Wildman–Crippen LogP) is 3.42. The van der Waals surface area contributed by atoms with Gasteiger partial charge in [0.2, 0.25) is 5.91 Å². The Balaban J connectivity index is 1.97. The summed E-state index contributed by atoms with van der Waals surface area (Å²) in [5.74, 6) is -0.583. The molecule has 0 radical (unpaired) electrons. The van der Waals surface area contributed by atoms with Gasteiger partial charge in [0.25, 0.3) is 0 Å². The minimum absolute atomic E-state index is 0.105. The molecule has 0 fully saturated rings. The summed E-state index contributed by atoms with van der Waals surface area (Å²) >= 11 is 5.88.